The van der Waals surface area contributed by atoms with Gasteiger partial charge in [-0.1, -0.05) is 19.8 Å². The van der Waals surface area contributed by atoms with E-state index in [1.54, 1.807) is 0 Å². The highest BCUT2D eigenvalue weighted by Gasteiger charge is 2.34. The Kier molecular flexibility index (Phi) is 4.45. The lowest BCUT2D eigenvalue weighted by Crippen LogP contribution is -2.50. The van der Waals surface area contributed by atoms with Crippen molar-refractivity contribution in [1.29, 1.82) is 0 Å². The number of rotatable bonds is 3. The lowest BCUT2D eigenvalue weighted by Gasteiger charge is -2.39. The molecule has 0 bridgehead atoms. The lowest BCUT2D eigenvalue weighted by molar-refractivity contribution is -0.0695. The highest BCUT2D eigenvalue weighted by molar-refractivity contribution is 4.91. The van der Waals surface area contributed by atoms with Gasteiger partial charge < -0.3 is 15.6 Å². The van der Waals surface area contributed by atoms with Crippen molar-refractivity contribution in [1.82, 2.24) is 0 Å². The van der Waals surface area contributed by atoms with Crippen LogP contribution >= 0.6 is 0 Å². The van der Waals surface area contributed by atoms with Crippen LogP contribution in [0.25, 0.3) is 0 Å². The molecule has 0 aromatic heterocycles. The van der Waals surface area contributed by atoms with Crippen LogP contribution in [0.4, 0.5) is 0 Å². The average molecular weight is 241 g/mol. The molecule has 0 heterocycles. The van der Waals surface area contributed by atoms with Crippen LogP contribution in [0, 0.1) is 5.92 Å². The Hall–Kier alpha value is -0.120. The summed E-state index contributed by atoms with van der Waals surface area (Å²) in [4.78, 5) is 0. The first-order chi connectivity index (χ1) is 8.11. The molecule has 3 nitrogen and oxygen atoms in total. The van der Waals surface area contributed by atoms with Crippen molar-refractivity contribution < 1.29 is 9.84 Å². The molecule has 3 heteroatoms. The van der Waals surface area contributed by atoms with Crippen molar-refractivity contribution in [3.8, 4) is 0 Å². The summed E-state index contributed by atoms with van der Waals surface area (Å²) in [7, 11) is 0. The molecule has 2 fully saturated rings. The second kappa shape index (κ2) is 5.68. The summed E-state index contributed by atoms with van der Waals surface area (Å²) in [6, 6.07) is 0. The van der Waals surface area contributed by atoms with Crippen molar-refractivity contribution in [2.24, 2.45) is 11.7 Å². The van der Waals surface area contributed by atoms with Crippen LogP contribution in [0.5, 0.6) is 0 Å². The molecular formula is C14H27NO2. The van der Waals surface area contributed by atoms with Crippen molar-refractivity contribution in [2.75, 3.05) is 6.61 Å². The molecule has 2 saturated carbocycles. The first-order valence-corrected chi connectivity index (χ1v) is 7.16. The van der Waals surface area contributed by atoms with Gasteiger partial charge in [0.05, 0.1) is 18.8 Å². The third kappa shape index (κ3) is 3.67. The molecule has 0 saturated heterocycles. The molecule has 2 aliphatic rings. The third-order valence-electron chi connectivity index (χ3n) is 4.42. The molecule has 0 amide bonds. The highest BCUT2D eigenvalue weighted by atomic mass is 16.5. The molecule has 3 N–H and O–H groups in total. The number of hydrogen-bond acceptors (Lipinski definition) is 3. The van der Waals surface area contributed by atoms with E-state index in [9.17, 15) is 5.11 Å². The fraction of sp³-hybridized carbons (Fsp3) is 1.00. The van der Waals surface area contributed by atoms with Gasteiger partial charge in [0.2, 0.25) is 0 Å². The van der Waals surface area contributed by atoms with E-state index in [0.717, 1.165) is 31.6 Å². The van der Waals surface area contributed by atoms with Gasteiger partial charge in [0.1, 0.15) is 0 Å². The van der Waals surface area contributed by atoms with Crippen LogP contribution in [0.15, 0.2) is 0 Å². The molecule has 2 rings (SSSR count). The maximum atomic E-state index is 9.34. The van der Waals surface area contributed by atoms with Crippen molar-refractivity contribution >= 4 is 0 Å². The van der Waals surface area contributed by atoms with E-state index in [-0.39, 0.29) is 18.2 Å². The van der Waals surface area contributed by atoms with E-state index in [1.807, 2.05) is 0 Å². The highest BCUT2D eigenvalue weighted by Crippen LogP contribution is 2.32. The van der Waals surface area contributed by atoms with Crippen LogP contribution < -0.4 is 5.73 Å². The zero-order valence-corrected chi connectivity index (χ0v) is 11.0. The van der Waals surface area contributed by atoms with E-state index in [4.69, 9.17) is 10.5 Å². The Labute approximate surface area is 105 Å². The summed E-state index contributed by atoms with van der Waals surface area (Å²) in [5.41, 5.74) is 5.77. The Morgan fingerprint density at radius 1 is 1.24 bits per heavy atom. The Balaban J connectivity index is 1.82. The van der Waals surface area contributed by atoms with Crippen LogP contribution in [-0.4, -0.2) is 29.5 Å². The van der Waals surface area contributed by atoms with E-state index in [1.165, 1.54) is 25.7 Å². The number of nitrogens with two attached hydrogens (primary N) is 1. The smallest absolute Gasteiger partial charge is 0.0612 e. The minimum Gasteiger partial charge on any atom is -0.394 e. The quantitative estimate of drug-likeness (QED) is 0.796. The molecule has 0 aromatic rings. The number of aliphatic hydroxyl groups is 1. The molecule has 0 radical (unpaired) electrons. The van der Waals surface area contributed by atoms with Crippen LogP contribution in [0.2, 0.25) is 0 Å². The van der Waals surface area contributed by atoms with Gasteiger partial charge in [-0.25, -0.2) is 0 Å². The maximum absolute atomic E-state index is 9.34. The molecule has 0 spiro atoms. The van der Waals surface area contributed by atoms with Crippen LogP contribution in [-0.2, 0) is 4.74 Å². The van der Waals surface area contributed by atoms with E-state index in [0.29, 0.717) is 6.10 Å². The van der Waals surface area contributed by atoms with Crippen LogP contribution in [0.3, 0.4) is 0 Å². The van der Waals surface area contributed by atoms with Crippen molar-refractivity contribution in [3.05, 3.63) is 0 Å². The summed E-state index contributed by atoms with van der Waals surface area (Å²) >= 11 is 0. The van der Waals surface area contributed by atoms with Gasteiger partial charge in [-0.05, 0) is 44.4 Å². The summed E-state index contributed by atoms with van der Waals surface area (Å²) in [5.74, 6) is 0.804. The van der Waals surface area contributed by atoms with Gasteiger partial charge in [0.25, 0.3) is 0 Å². The predicted octanol–water partition coefficient (Wildman–Crippen LogP) is 2.21. The number of ether oxygens (including phenoxy) is 1. The van der Waals surface area contributed by atoms with Gasteiger partial charge >= 0.3 is 0 Å². The fourth-order valence-corrected chi connectivity index (χ4v) is 3.37. The fourth-order valence-electron chi connectivity index (χ4n) is 3.37. The maximum Gasteiger partial charge on any atom is 0.0612 e. The number of hydrogen-bond donors (Lipinski definition) is 2. The lowest BCUT2D eigenvalue weighted by atomic mass is 9.81. The predicted molar refractivity (Wildman–Crippen MR) is 68.8 cm³/mol. The summed E-state index contributed by atoms with van der Waals surface area (Å²) in [5, 5.41) is 9.34. The summed E-state index contributed by atoms with van der Waals surface area (Å²) < 4.78 is 6.21. The largest absolute Gasteiger partial charge is 0.394 e. The Morgan fingerprint density at radius 2 is 2.00 bits per heavy atom. The zero-order valence-electron chi connectivity index (χ0n) is 11.0. The first-order valence-electron chi connectivity index (χ1n) is 7.16. The number of aliphatic hydroxyl groups excluding tert-OH is 1. The van der Waals surface area contributed by atoms with E-state index in [2.05, 4.69) is 6.92 Å². The minimum absolute atomic E-state index is 0.0912. The van der Waals surface area contributed by atoms with E-state index >= 15 is 0 Å². The first kappa shape index (κ1) is 13.3. The Bertz CT molecular complexity index is 246. The second-order valence-corrected chi connectivity index (χ2v) is 6.27. The van der Waals surface area contributed by atoms with Crippen molar-refractivity contribution in [3.63, 3.8) is 0 Å². The molecule has 0 aromatic carbocycles. The molecule has 2 aliphatic carbocycles. The zero-order chi connectivity index (χ0) is 12.3. The molecule has 0 aliphatic heterocycles. The van der Waals surface area contributed by atoms with Gasteiger partial charge in [0, 0.05) is 5.54 Å². The topological polar surface area (TPSA) is 55.5 Å². The van der Waals surface area contributed by atoms with Crippen LogP contribution in [0.1, 0.15) is 58.3 Å². The molecule has 17 heavy (non-hydrogen) atoms. The van der Waals surface area contributed by atoms with Gasteiger partial charge in [-0.3, -0.25) is 0 Å². The van der Waals surface area contributed by atoms with Gasteiger partial charge in [0.15, 0.2) is 0 Å². The average Bonchev–Trinajstić information content (AvgIpc) is 2.29. The summed E-state index contributed by atoms with van der Waals surface area (Å²) in [6.45, 7) is 2.41. The second-order valence-electron chi connectivity index (χ2n) is 6.27. The summed E-state index contributed by atoms with van der Waals surface area (Å²) in [6.07, 6.45) is 9.73. The molecule has 100 valence electrons. The van der Waals surface area contributed by atoms with Gasteiger partial charge in [-0.15, -0.1) is 0 Å². The van der Waals surface area contributed by atoms with Gasteiger partial charge in [-0.2, -0.15) is 0 Å². The van der Waals surface area contributed by atoms with E-state index < -0.39 is 0 Å². The normalized spacial score (nSPS) is 43.6. The Morgan fingerprint density at radius 3 is 2.71 bits per heavy atom. The third-order valence-corrected chi connectivity index (χ3v) is 4.42. The molecule has 4 atom stereocenters. The molecular weight excluding hydrogens is 214 g/mol. The molecule has 4 unspecified atom stereocenters. The monoisotopic (exact) mass is 241 g/mol. The van der Waals surface area contributed by atoms with Crippen molar-refractivity contribution in [2.45, 2.75) is 76.0 Å². The SMILES string of the molecule is CC1CCCC(OC2CCCC(N)(CO)C2)C1. The standard InChI is InChI=1S/C14H27NO2/c1-11-4-2-5-12(8-11)17-13-6-3-7-14(15,9-13)10-16/h11-13,16H,2-10,15H2,1H3. The minimum atomic E-state index is -0.386.